The Kier molecular flexibility index (Phi) is 3.96. The Bertz CT molecular complexity index is 413. The minimum absolute atomic E-state index is 0.0655. The lowest BCUT2D eigenvalue weighted by Crippen LogP contribution is -2.57. The van der Waals surface area contributed by atoms with Gasteiger partial charge in [0.1, 0.15) is 0 Å². The van der Waals surface area contributed by atoms with Crippen LogP contribution in [0.1, 0.15) is 39.0 Å². The molecule has 5 nitrogen and oxygen atoms in total. The molecule has 104 valence electrons. The molecule has 2 heterocycles. The molecule has 2 fully saturated rings. The van der Waals surface area contributed by atoms with Crippen molar-refractivity contribution in [2.24, 2.45) is 0 Å². The largest absolute Gasteiger partial charge is 0.353 e. The van der Waals surface area contributed by atoms with Crippen molar-refractivity contribution in [1.82, 2.24) is 10.6 Å². The lowest BCUT2D eigenvalue weighted by molar-refractivity contribution is -0.127. The third-order valence-electron chi connectivity index (χ3n) is 4.07. The summed E-state index contributed by atoms with van der Waals surface area (Å²) in [7, 11) is -2.97. The van der Waals surface area contributed by atoms with Crippen molar-refractivity contribution in [3.8, 4) is 0 Å². The van der Waals surface area contributed by atoms with E-state index >= 15 is 0 Å². The van der Waals surface area contributed by atoms with Crippen LogP contribution < -0.4 is 10.6 Å². The molecule has 2 aliphatic heterocycles. The second-order valence-electron chi connectivity index (χ2n) is 5.56. The fourth-order valence-corrected chi connectivity index (χ4v) is 4.50. The summed E-state index contributed by atoms with van der Waals surface area (Å²) < 4.78 is 23.3. The topological polar surface area (TPSA) is 75.3 Å². The third-order valence-corrected chi connectivity index (χ3v) is 6.35. The Morgan fingerprint density at radius 3 is 2.72 bits per heavy atom. The molecule has 0 aromatic heterocycles. The molecule has 1 amide bonds. The summed E-state index contributed by atoms with van der Waals surface area (Å²) in [6.45, 7) is 3.01. The van der Waals surface area contributed by atoms with Crippen LogP contribution in [0.15, 0.2) is 0 Å². The highest BCUT2D eigenvalue weighted by atomic mass is 32.2. The van der Waals surface area contributed by atoms with Gasteiger partial charge in [-0.05, 0) is 45.6 Å². The quantitative estimate of drug-likeness (QED) is 0.771. The summed E-state index contributed by atoms with van der Waals surface area (Å²) in [4.78, 5) is 12.1. The van der Waals surface area contributed by atoms with Crippen LogP contribution in [0.4, 0.5) is 0 Å². The van der Waals surface area contributed by atoms with E-state index in [0.717, 1.165) is 32.2 Å². The van der Waals surface area contributed by atoms with E-state index in [9.17, 15) is 13.2 Å². The van der Waals surface area contributed by atoms with Gasteiger partial charge in [-0.1, -0.05) is 0 Å². The highest BCUT2D eigenvalue weighted by Crippen LogP contribution is 2.21. The maximum atomic E-state index is 12.1. The highest BCUT2D eigenvalue weighted by molar-refractivity contribution is 7.92. The number of nitrogens with one attached hydrogen (secondary N) is 2. The SMILES string of the molecule is CC1(C(=O)NCC2CCCS2(=O)=O)CCCCN1. The van der Waals surface area contributed by atoms with E-state index in [2.05, 4.69) is 10.6 Å². The molecule has 18 heavy (non-hydrogen) atoms. The molecule has 6 heteroatoms. The van der Waals surface area contributed by atoms with Crippen LogP contribution in [0.25, 0.3) is 0 Å². The van der Waals surface area contributed by atoms with Gasteiger partial charge < -0.3 is 10.6 Å². The predicted octanol–water partition coefficient (Wildman–Crippen LogP) is 0.212. The maximum absolute atomic E-state index is 12.1. The van der Waals surface area contributed by atoms with Crippen molar-refractivity contribution in [3.05, 3.63) is 0 Å². The van der Waals surface area contributed by atoms with E-state index in [1.165, 1.54) is 0 Å². The van der Waals surface area contributed by atoms with Gasteiger partial charge in [-0.2, -0.15) is 0 Å². The molecular weight excluding hydrogens is 252 g/mol. The molecule has 2 unspecified atom stereocenters. The molecular formula is C12H22N2O3S. The average molecular weight is 274 g/mol. The van der Waals surface area contributed by atoms with Gasteiger partial charge in [-0.25, -0.2) is 8.42 Å². The standard InChI is InChI=1S/C12H22N2O3S/c1-12(6-2-3-7-14-12)11(15)13-9-10-5-4-8-18(10,16)17/h10,14H,2-9H2,1H3,(H,13,15). The van der Waals surface area contributed by atoms with Crippen molar-refractivity contribution in [2.75, 3.05) is 18.8 Å². The molecule has 0 radical (unpaired) electrons. The van der Waals surface area contributed by atoms with Crippen LogP contribution in [0.2, 0.25) is 0 Å². The first-order chi connectivity index (χ1) is 8.44. The second-order valence-corrected chi connectivity index (χ2v) is 7.96. The summed E-state index contributed by atoms with van der Waals surface area (Å²) in [5.74, 6) is 0.201. The molecule has 0 bridgehead atoms. The zero-order valence-electron chi connectivity index (χ0n) is 10.9. The highest BCUT2D eigenvalue weighted by Gasteiger charge is 2.36. The Morgan fingerprint density at radius 2 is 2.17 bits per heavy atom. The van der Waals surface area contributed by atoms with Crippen molar-refractivity contribution < 1.29 is 13.2 Å². The number of hydrogen-bond donors (Lipinski definition) is 2. The van der Waals surface area contributed by atoms with Crippen molar-refractivity contribution >= 4 is 15.7 Å². The van der Waals surface area contributed by atoms with Crippen LogP contribution in [-0.2, 0) is 14.6 Å². The van der Waals surface area contributed by atoms with Gasteiger partial charge in [-0.3, -0.25) is 4.79 Å². The zero-order valence-corrected chi connectivity index (χ0v) is 11.7. The first-order valence-electron chi connectivity index (χ1n) is 6.69. The molecule has 0 spiro atoms. The molecule has 0 aromatic rings. The fraction of sp³-hybridized carbons (Fsp3) is 0.917. The van der Waals surface area contributed by atoms with Crippen molar-refractivity contribution in [2.45, 2.75) is 49.8 Å². The second kappa shape index (κ2) is 5.17. The van der Waals surface area contributed by atoms with Gasteiger partial charge in [-0.15, -0.1) is 0 Å². The lowest BCUT2D eigenvalue weighted by atomic mass is 9.90. The molecule has 0 aromatic carbocycles. The van der Waals surface area contributed by atoms with Crippen molar-refractivity contribution in [1.29, 1.82) is 0 Å². The summed E-state index contributed by atoms with van der Waals surface area (Å²) in [6.07, 6.45) is 4.35. The van der Waals surface area contributed by atoms with Gasteiger partial charge in [0.2, 0.25) is 5.91 Å². The van der Waals surface area contributed by atoms with E-state index in [1.54, 1.807) is 0 Å². The van der Waals surface area contributed by atoms with E-state index < -0.39 is 15.4 Å². The number of sulfone groups is 1. The smallest absolute Gasteiger partial charge is 0.240 e. The lowest BCUT2D eigenvalue weighted by Gasteiger charge is -2.33. The van der Waals surface area contributed by atoms with Gasteiger partial charge in [0.05, 0.1) is 16.5 Å². The number of carbonyl (C=O) groups is 1. The first-order valence-corrected chi connectivity index (χ1v) is 8.40. The van der Waals surface area contributed by atoms with Crippen molar-refractivity contribution in [3.63, 3.8) is 0 Å². The summed E-state index contributed by atoms with van der Waals surface area (Å²) in [5.41, 5.74) is -0.527. The fourth-order valence-electron chi connectivity index (χ4n) is 2.74. The zero-order chi connectivity index (χ0) is 13.2. The number of carbonyl (C=O) groups excluding carboxylic acids is 1. The minimum atomic E-state index is -2.97. The maximum Gasteiger partial charge on any atom is 0.240 e. The molecule has 0 aliphatic carbocycles. The van der Waals surface area contributed by atoms with E-state index in [0.29, 0.717) is 6.42 Å². The summed E-state index contributed by atoms with van der Waals surface area (Å²) >= 11 is 0. The van der Waals surface area contributed by atoms with Crippen LogP contribution in [0.3, 0.4) is 0 Å². The molecule has 0 saturated carbocycles. The molecule has 2 saturated heterocycles. The number of hydrogen-bond acceptors (Lipinski definition) is 4. The minimum Gasteiger partial charge on any atom is -0.353 e. The number of rotatable bonds is 3. The van der Waals surface area contributed by atoms with Crippen LogP contribution in [0, 0.1) is 0 Å². The molecule has 2 rings (SSSR count). The van der Waals surface area contributed by atoms with Gasteiger partial charge >= 0.3 is 0 Å². The van der Waals surface area contributed by atoms with Crippen LogP contribution in [0.5, 0.6) is 0 Å². The van der Waals surface area contributed by atoms with Crippen LogP contribution >= 0.6 is 0 Å². The Labute approximate surface area is 109 Å². The van der Waals surface area contributed by atoms with E-state index in [1.807, 2.05) is 6.92 Å². The van der Waals surface area contributed by atoms with E-state index in [-0.39, 0.29) is 23.5 Å². The van der Waals surface area contributed by atoms with E-state index in [4.69, 9.17) is 0 Å². The Morgan fingerprint density at radius 1 is 1.39 bits per heavy atom. The third kappa shape index (κ3) is 2.85. The molecule has 2 aliphatic rings. The van der Waals surface area contributed by atoms with Gasteiger partial charge in [0.15, 0.2) is 9.84 Å². The Hall–Kier alpha value is -0.620. The normalized spacial score (nSPS) is 35.3. The summed E-state index contributed by atoms with van der Waals surface area (Å²) in [5, 5.41) is 5.66. The Balaban J connectivity index is 1.88. The van der Waals surface area contributed by atoms with Gasteiger partial charge in [0, 0.05) is 6.54 Å². The number of piperidine rings is 1. The van der Waals surface area contributed by atoms with Gasteiger partial charge in [0.25, 0.3) is 0 Å². The number of amides is 1. The summed E-state index contributed by atoms with van der Waals surface area (Å²) in [6, 6.07) is 0. The monoisotopic (exact) mass is 274 g/mol. The molecule has 2 N–H and O–H groups in total. The van der Waals surface area contributed by atoms with Crippen LogP contribution in [-0.4, -0.2) is 44.0 Å². The average Bonchev–Trinajstić information content (AvgIpc) is 2.66. The molecule has 2 atom stereocenters. The predicted molar refractivity (Wildman–Crippen MR) is 70.1 cm³/mol. The first kappa shape index (κ1) is 13.8.